The second kappa shape index (κ2) is 6.11. The van der Waals surface area contributed by atoms with Crippen LogP contribution >= 0.6 is 0 Å². The number of hydrogen-bond acceptors (Lipinski definition) is 3. The minimum absolute atomic E-state index is 0.152. The van der Waals surface area contributed by atoms with Gasteiger partial charge in [0.05, 0.1) is 5.60 Å². The first-order chi connectivity index (χ1) is 8.26. The van der Waals surface area contributed by atoms with Gasteiger partial charge in [-0.1, -0.05) is 12.1 Å². The molecule has 0 unspecified atom stereocenters. The molecule has 1 rings (SSSR count). The summed E-state index contributed by atoms with van der Waals surface area (Å²) in [6.45, 7) is 1.69. The van der Waals surface area contributed by atoms with Gasteiger partial charge in [0.2, 0.25) is 0 Å². The van der Waals surface area contributed by atoms with Gasteiger partial charge in [0, 0.05) is 13.1 Å². The molecule has 0 saturated carbocycles. The number of hydrogen-bond donors (Lipinski definition) is 1. The third-order valence-electron chi connectivity index (χ3n) is 2.23. The van der Waals surface area contributed by atoms with Crippen LogP contribution in [0.3, 0.4) is 0 Å². The number of halogens is 2. The van der Waals surface area contributed by atoms with E-state index >= 15 is 0 Å². The highest BCUT2D eigenvalue weighted by Crippen LogP contribution is 2.17. The van der Waals surface area contributed by atoms with Gasteiger partial charge in [-0.2, -0.15) is 8.78 Å². The van der Waals surface area contributed by atoms with Gasteiger partial charge in [-0.05, 0) is 38.6 Å². The molecule has 0 atom stereocenters. The minimum Gasteiger partial charge on any atom is -0.435 e. The monoisotopic (exact) mass is 259 g/mol. The Morgan fingerprint density at radius 2 is 2.06 bits per heavy atom. The summed E-state index contributed by atoms with van der Waals surface area (Å²) >= 11 is 0. The third-order valence-corrected chi connectivity index (χ3v) is 2.23. The predicted molar refractivity (Wildman–Crippen MR) is 65.7 cm³/mol. The molecule has 0 heterocycles. The molecule has 1 aromatic carbocycles. The molecule has 0 radical (unpaired) electrons. The second-order valence-electron chi connectivity index (χ2n) is 5.01. The van der Waals surface area contributed by atoms with Gasteiger partial charge in [0.25, 0.3) is 0 Å². The average molecular weight is 259 g/mol. The first kappa shape index (κ1) is 14.9. The van der Waals surface area contributed by atoms with Crippen molar-refractivity contribution in [1.29, 1.82) is 0 Å². The van der Waals surface area contributed by atoms with Crippen molar-refractivity contribution in [3.8, 4) is 5.75 Å². The molecule has 5 heteroatoms. The van der Waals surface area contributed by atoms with E-state index in [0.29, 0.717) is 13.1 Å². The lowest BCUT2D eigenvalue weighted by molar-refractivity contribution is -0.0499. The van der Waals surface area contributed by atoms with Crippen LogP contribution in [0.15, 0.2) is 24.3 Å². The normalized spacial score (nSPS) is 12.2. The molecule has 0 amide bonds. The van der Waals surface area contributed by atoms with Crippen LogP contribution in [-0.2, 0) is 6.54 Å². The summed E-state index contributed by atoms with van der Waals surface area (Å²) in [6, 6.07) is 6.57. The number of rotatable bonds is 6. The van der Waals surface area contributed by atoms with Crippen LogP contribution in [0.25, 0.3) is 0 Å². The van der Waals surface area contributed by atoms with Crippen molar-refractivity contribution in [2.24, 2.45) is 0 Å². The average Bonchev–Trinajstić information content (AvgIpc) is 2.13. The highest BCUT2D eigenvalue weighted by Gasteiger charge is 2.15. The van der Waals surface area contributed by atoms with Gasteiger partial charge < -0.3 is 9.84 Å². The minimum atomic E-state index is -2.81. The number of nitrogens with zero attached hydrogens (tertiary/aromatic N) is 1. The van der Waals surface area contributed by atoms with E-state index in [2.05, 4.69) is 4.74 Å². The number of alkyl halides is 2. The van der Waals surface area contributed by atoms with Crippen LogP contribution in [0.4, 0.5) is 8.78 Å². The Morgan fingerprint density at radius 1 is 1.39 bits per heavy atom. The van der Waals surface area contributed by atoms with E-state index in [1.807, 2.05) is 18.0 Å². The maximum atomic E-state index is 12.1. The first-order valence-electron chi connectivity index (χ1n) is 5.71. The van der Waals surface area contributed by atoms with E-state index in [-0.39, 0.29) is 5.75 Å². The molecule has 1 aromatic rings. The van der Waals surface area contributed by atoms with Crippen LogP contribution in [0.5, 0.6) is 5.75 Å². The summed E-state index contributed by atoms with van der Waals surface area (Å²) in [5.74, 6) is 0.152. The smallest absolute Gasteiger partial charge is 0.387 e. The fourth-order valence-corrected chi connectivity index (χ4v) is 1.85. The second-order valence-corrected chi connectivity index (χ2v) is 5.01. The lowest BCUT2D eigenvalue weighted by atomic mass is 10.1. The molecule has 3 nitrogen and oxygen atoms in total. The van der Waals surface area contributed by atoms with Gasteiger partial charge in [-0.25, -0.2) is 0 Å². The van der Waals surface area contributed by atoms with Crippen molar-refractivity contribution in [3.63, 3.8) is 0 Å². The number of likely N-dealkylation sites (N-methyl/N-ethyl adjacent to an activating group) is 1. The zero-order chi connectivity index (χ0) is 13.8. The predicted octanol–water partition coefficient (Wildman–Crippen LogP) is 2.49. The molecule has 0 saturated heterocycles. The highest BCUT2D eigenvalue weighted by atomic mass is 19.3. The van der Waals surface area contributed by atoms with Gasteiger partial charge in [0.1, 0.15) is 5.75 Å². The molecule has 0 spiro atoms. The van der Waals surface area contributed by atoms with Crippen LogP contribution < -0.4 is 4.74 Å². The molecule has 0 fully saturated rings. The number of benzene rings is 1. The van der Waals surface area contributed by atoms with E-state index in [9.17, 15) is 13.9 Å². The van der Waals surface area contributed by atoms with Crippen molar-refractivity contribution in [3.05, 3.63) is 29.8 Å². The molecule has 102 valence electrons. The molecule has 0 aliphatic heterocycles. The van der Waals surface area contributed by atoms with E-state index in [4.69, 9.17) is 0 Å². The maximum Gasteiger partial charge on any atom is 0.387 e. The van der Waals surface area contributed by atoms with Crippen molar-refractivity contribution in [1.82, 2.24) is 4.90 Å². The Morgan fingerprint density at radius 3 is 2.61 bits per heavy atom. The van der Waals surface area contributed by atoms with Crippen molar-refractivity contribution < 1.29 is 18.6 Å². The van der Waals surface area contributed by atoms with E-state index in [0.717, 1.165) is 5.56 Å². The molecular formula is C13H19F2NO2. The zero-order valence-electron chi connectivity index (χ0n) is 10.9. The fraction of sp³-hybridized carbons (Fsp3) is 0.538. The molecule has 0 aromatic heterocycles. The Kier molecular flexibility index (Phi) is 5.04. The summed E-state index contributed by atoms with van der Waals surface area (Å²) in [5, 5.41) is 9.67. The topological polar surface area (TPSA) is 32.7 Å². The largest absolute Gasteiger partial charge is 0.435 e. The zero-order valence-corrected chi connectivity index (χ0v) is 10.9. The van der Waals surface area contributed by atoms with Crippen LogP contribution in [0.2, 0.25) is 0 Å². The van der Waals surface area contributed by atoms with Gasteiger partial charge in [-0.3, -0.25) is 4.90 Å². The SMILES string of the molecule is CN(Cc1cccc(OC(F)F)c1)CC(C)(C)O. The summed E-state index contributed by atoms with van der Waals surface area (Å²) in [5.41, 5.74) is 0.0751. The van der Waals surface area contributed by atoms with Gasteiger partial charge >= 0.3 is 6.61 Å². The van der Waals surface area contributed by atoms with Crippen LogP contribution in [0, 0.1) is 0 Å². The molecular weight excluding hydrogens is 240 g/mol. The Bertz CT molecular complexity index is 377. The molecule has 0 aliphatic rings. The summed E-state index contributed by atoms with van der Waals surface area (Å²) in [7, 11) is 1.86. The summed E-state index contributed by atoms with van der Waals surface area (Å²) < 4.78 is 28.5. The Labute approximate surface area is 106 Å². The standard InChI is InChI=1S/C13H19F2NO2/c1-13(2,17)9-16(3)8-10-5-4-6-11(7-10)18-12(14)15/h4-7,12,17H,8-9H2,1-3H3. The molecule has 0 bridgehead atoms. The third kappa shape index (κ3) is 5.93. The Balaban J connectivity index is 2.61. The highest BCUT2D eigenvalue weighted by molar-refractivity contribution is 5.28. The first-order valence-corrected chi connectivity index (χ1v) is 5.71. The molecule has 0 aliphatic carbocycles. The number of aliphatic hydroxyl groups is 1. The summed E-state index contributed by atoms with van der Waals surface area (Å²) in [4.78, 5) is 1.92. The van der Waals surface area contributed by atoms with Crippen LogP contribution in [0.1, 0.15) is 19.4 Å². The summed E-state index contributed by atoms with van der Waals surface area (Å²) in [6.07, 6.45) is 0. The molecule has 1 N–H and O–H groups in total. The molecule has 18 heavy (non-hydrogen) atoms. The van der Waals surface area contributed by atoms with Gasteiger partial charge in [0.15, 0.2) is 0 Å². The van der Waals surface area contributed by atoms with E-state index < -0.39 is 12.2 Å². The van der Waals surface area contributed by atoms with Crippen molar-refractivity contribution in [2.45, 2.75) is 32.6 Å². The van der Waals surface area contributed by atoms with E-state index in [1.165, 1.54) is 6.07 Å². The van der Waals surface area contributed by atoms with E-state index in [1.54, 1.807) is 26.0 Å². The van der Waals surface area contributed by atoms with Crippen LogP contribution in [-0.4, -0.2) is 35.8 Å². The lowest BCUT2D eigenvalue weighted by Gasteiger charge is -2.25. The number of ether oxygens (including phenoxy) is 1. The van der Waals surface area contributed by atoms with Crippen molar-refractivity contribution >= 4 is 0 Å². The quantitative estimate of drug-likeness (QED) is 0.852. The Hall–Kier alpha value is -1.20. The maximum absolute atomic E-state index is 12.1. The lowest BCUT2D eigenvalue weighted by Crippen LogP contribution is -2.35. The van der Waals surface area contributed by atoms with Gasteiger partial charge in [-0.15, -0.1) is 0 Å². The van der Waals surface area contributed by atoms with Crippen molar-refractivity contribution in [2.75, 3.05) is 13.6 Å². The fourth-order valence-electron chi connectivity index (χ4n) is 1.85.